The molecule has 0 aromatic heterocycles. The lowest BCUT2D eigenvalue weighted by Gasteiger charge is -2.18. The van der Waals surface area contributed by atoms with Gasteiger partial charge in [-0.2, -0.15) is 0 Å². The molecule has 1 aliphatic rings. The molecule has 0 amide bonds. The van der Waals surface area contributed by atoms with Crippen LogP contribution < -0.4 is 5.32 Å². The predicted octanol–water partition coefficient (Wildman–Crippen LogP) is 4.43. The Morgan fingerprint density at radius 2 is 2.06 bits per heavy atom. The van der Waals surface area contributed by atoms with Crippen molar-refractivity contribution in [1.29, 1.82) is 0 Å². The maximum Gasteiger partial charge on any atom is 0.161 e. The van der Waals surface area contributed by atoms with Gasteiger partial charge in [0.1, 0.15) is 5.82 Å². The molecule has 2 nitrogen and oxygen atoms in total. The molecular weight excluding hydrogens is 282 g/mol. The Morgan fingerprint density at radius 1 is 1.41 bits per heavy atom. The number of nitrogens with one attached hydrogen (secondary N) is 1. The summed E-state index contributed by atoms with van der Waals surface area (Å²) in [4.78, 5) is 4.44. The first-order chi connectivity index (χ1) is 8.06. The maximum atomic E-state index is 13.0. The summed E-state index contributed by atoms with van der Waals surface area (Å²) >= 11 is 13.5. The van der Waals surface area contributed by atoms with Crippen molar-refractivity contribution in [2.24, 2.45) is 4.99 Å². The summed E-state index contributed by atoms with van der Waals surface area (Å²) in [7, 11) is 0. The first-order valence-electron chi connectivity index (χ1n) is 5.18. The Balaban J connectivity index is 2.24. The van der Waals surface area contributed by atoms with Gasteiger partial charge in [-0.3, -0.25) is 4.99 Å². The minimum atomic E-state index is -0.447. The number of halogens is 3. The lowest BCUT2D eigenvalue weighted by molar-refractivity contribution is 0.628. The van der Waals surface area contributed by atoms with Crippen LogP contribution in [0.3, 0.4) is 0 Å². The van der Waals surface area contributed by atoms with Gasteiger partial charge in [-0.25, -0.2) is 4.39 Å². The van der Waals surface area contributed by atoms with E-state index in [0.29, 0.717) is 5.69 Å². The fourth-order valence-electron chi connectivity index (χ4n) is 1.47. The topological polar surface area (TPSA) is 24.4 Å². The zero-order valence-corrected chi connectivity index (χ0v) is 11.5. The molecule has 1 heterocycles. The number of benzene rings is 1. The van der Waals surface area contributed by atoms with Crippen molar-refractivity contribution >= 4 is 45.8 Å². The normalized spacial score (nSPS) is 20.0. The van der Waals surface area contributed by atoms with Crippen LogP contribution in [0.5, 0.6) is 0 Å². The predicted molar refractivity (Wildman–Crippen MR) is 74.0 cm³/mol. The van der Waals surface area contributed by atoms with Crippen LogP contribution >= 0.6 is 35.0 Å². The molecule has 0 radical (unpaired) electrons. The Kier molecular flexibility index (Phi) is 4.17. The summed E-state index contributed by atoms with van der Waals surface area (Å²) in [6, 6.07) is 2.75. The second-order valence-electron chi connectivity index (χ2n) is 3.79. The summed E-state index contributed by atoms with van der Waals surface area (Å²) in [5.41, 5.74) is 0.509. The van der Waals surface area contributed by atoms with Crippen LogP contribution in [0.4, 0.5) is 10.1 Å². The van der Waals surface area contributed by atoms with E-state index in [1.165, 1.54) is 12.1 Å². The highest BCUT2D eigenvalue weighted by molar-refractivity contribution is 8.14. The Labute approximate surface area is 114 Å². The third kappa shape index (κ3) is 3.27. The van der Waals surface area contributed by atoms with Crippen molar-refractivity contribution in [2.75, 3.05) is 11.1 Å². The number of hydrogen-bond donors (Lipinski definition) is 1. The molecule has 2 rings (SSSR count). The van der Waals surface area contributed by atoms with E-state index in [2.05, 4.69) is 17.2 Å². The average molecular weight is 293 g/mol. The Bertz CT molecular complexity index is 442. The lowest BCUT2D eigenvalue weighted by Crippen LogP contribution is -2.18. The molecule has 1 aromatic carbocycles. The monoisotopic (exact) mass is 292 g/mol. The zero-order chi connectivity index (χ0) is 12.4. The molecule has 0 bridgehead atoms. The van der Waals surface area contributed by atoms with Gasteiger partial charge in [0.05, 0.1) is 21.8 Å². The molecule has 6 heteroatoms. The van der Waals surface area contributed by atoms with Gasteiger partial charge in [0.2, 0.25) is 0 Å². The SMILES string of the molecule is CC1CCSC(Nc2c(Cl)cc(F)cc2Cl)=N1. The molecule has 1 aliphatic heterocycles. The number of hydrogen-bond acceptors (Lipinski definition) is 3. The van der Waals surface area contributed by atoms with Crippen molar-refractivity contribution in [1.82, 2.24) is 0 Å². The number of thioether (sulfide) groups is 1. The Hall–Kier alpha value is -0.450. The summed E-state index contributed by atoms with van der Waals surface area (Å²) in [5, 5.41) is 4.36. The first-order valence-corrected chi connectivity index (χ1v) is 6.92. The molecule has 1 N–H and O–H groups in total. The van der Waals surface area contributed by atoms with Crippen LogP contribution in [0, 0.1) is 5.82 Å². The van der Waals surface area contributed by atoms with Crippen molar-refractivity contribution in [2.45, 2.75) is 19.4 Å². The minimum absolute atomic E-state index is 0.261. The van der Waals surface area contributed by atoms with Crippen LogP contribution in [0.1, 0.15) is 13.3 Å². The fraction of sp³-hybridized carbons (Fsp3) is 0.364. The second kappa shape index (κ2) is 5.46. The number of amidine groups is 1. The van der Waals surface area contributed by atoms with Crippen LogP contribution in [0.25, 0.3) is 0 Å². The Morgan fingerprint density at radius 3 is 2.65 bits per heavy atom. The van der Waals surface area contributed by atoms with E-state index < -0.39 is 5.82 Å². The molecule has 0 saturated heterocycles. The summed E-state index contributed by atoms with van der Waals surface area (Å²) in [5.74, 6) is 0.556. The van der Waals surface area contributed by atoms with E-state index in [1.807, 2.05) is 0 Å². The van der Waals surface area contributed by atoms with Crippen LogP contribution in [-0.2, 0) is 0 Å². The van der Waals surface area contributed by atoms with E-state index in [0.717, 1.165) is 17.3 Å². The van der Waals surface area contributed by atoms with Gasteiger partial charge in [0, 0.05) is 5.75 Å². The molecule has 0 aliphatic carbocycles. The second-order valence-corrected chi connectivity index (χ2v) is 5.69. The van der Waals surface area contributed by atoms with Crippen LogP contribution in [-0.4, -0.2) is 17.0 Å². The fourth-order valence-corrected chi connectivity index (χ4v) is 3.10. The van der Waals surface area contributed by atoms with Gasteiger partial charge < -0.3 is 5.32 Å². The summed E-state index contributed by atoms with van der Waals surface area (Å²) in [6.45, 7) is 2.05. The number of anilines is 1. The quantitative estimate of drug-likeness (QED) is 0.828. The van der Waals surface area contributed by atoms with Gasteiger partial charge in [-0.1, -0.05) is 35.0 Å². The van der Waals surface area contributed by atoms with Crippen molar-refractivity contribution in [3.63, 3.8) is 0 Å². The number of nitrogens with zero attached hydrogens (tertiary/aromatic N) is 1. The molecule has 0 fully saturated rings. The number of rotatable bonds is 1. The molecule has 17 heavy (non-hydrogen) atoms. The highest BCUT2D eigenvalue weighted by Crippen LogP contribution is 2.32. The minimum Gasteiger partial charge on any atom is -0.333 e. The highest BCUT2D eigenvalue weighted by atomic mass is 35.5. The van der Waals surface area contributed by atoms with Crippen LogP contribution in [0.2, 0.25) is 10.0 Å². The summed E-state index contributed by atoms with van der Waals surface area (Å²) in [6.07, 6.45) is 1.06. The third-order valence-corrected chi connectivity index (χ3v) is 3.87. The molecular formula is C11H11Cl2FN2S. The van der Waals surface area contributed by atoms with E-state index in [1.54, 1.807) is 11.8 Å². The van der Waals surface area contributed by atoms with E-state index in [4.69, 9.17) is 23.2 Å². The van der Waals surface area contributed by atoms with Crippen LogP contribution in [0.15, 0.2) is 17.1 Å². The van der Waals surface area contributed by atoms with E-state index >= 15 is 0 Å². The van der Waals surface area contributed by atoms with Gasteiger partial charge >= 0.3 is 0 Å². The molecule has 1 unspecified atom stereocenters. The number of aliphatic imine (C=N–C) groups is 1. The van der Waals surface area contributed by atoms with Crippen molar-refractivity contribution in [3.05, 3.63) is 28.0 Å². The van der Waals surface area contributed by atoms with Gasteiger partial charge in [0.15, 0.2) is 5.17 Å². The zero-order valence-electron chi connectivity index (χ0n) is 9.14. The molecule has 1 atom stereocenters. The first kappa shape index (κ1) is 13.0. The largest absolute Gasteiger partial charge is 0.333 e. The smallest absolute Gasteiger partial charge is 0.161 e. The van der Waals surface area contributed by atoms with Gasteiger partial charge in [-0.15, -0.1) is 0 Å². The highest BCUT2D eigenvalue weighted by Gasteiger charge is 2.15. The maximum absolute atomic E-state index is 13.0. The van der Waals surface area contributed by atoms with E-state index in [9.17, 15) is 4.39 Å². The molecule has 92 valence electrons. The van der Waals surface area contributed by atoms with Crippen molar-refractivity contribution < 1.29 is 4.39 Å². The molecule has 0 spiro atoms. The standard InChI is InChI=1S/C11H11Cl2FN2S/c1-6-2-3-17-11(15-6)16-10-8(12)4-7(14)5-9(10)13/h4-6H,2-3H2,1H3,(H,15,16). The molecule has 0 saturated carbocycles. The van der Waals surface area contributed by atoms with Gasteiger partial charge in [-0.05, 0) is 25.5 Å². The lowest BCUT2D eigenvalue weighted by atomic mass is 10.3. The third-order valence-electron chi connectivity index (χ3n) is 2.35. The van der Waals surface area contributed by atoms with Gasteiger partial charge in [0.25, 0.3) is 0 Å². The average Bonchev–Trinajstić information content (AvgIpc) is 2.23. The van der Waals surface area contributed by atoms with E-state index in [-0.39, 0.29) is 16.1 Å². The van der Waals surface area contributed by atoms with Crippen molar-refractivity contribution in [3.8, 4) is 0 Å². The molecule has 1 aromatic rings. The summed E-state index contributed by atoms with van der Waals surface area (Å²) < 4.78 is 13.0.